The Hall–Kier alpha value is -0.410. The first kappa shape index (κ1) is 27.6. The molecule has 2 N–H and O–H groups in total. The zero-order valence-electron chi connectivity index (χ0n) is 20.9. The van der Waals surface area contributed by atoms with Crippen molar-refractivity contribution in [1.82, 2.24) is 0 Å². The van der Waals surface area contributed by atoms with Gasteiger partial charge in [0, 0.05) is 12.8 Å². The van der Waals surface area contributed by atoms with Gasteiger partial charge in [-0.05, 0) is 99.7 Å². The fourth-order valence-corrected chi connectivity index (χ4v) is 5.17. The average molecular weight is 425 g/mol. The molecule has 0 unspecified atom stereocenters. The van der Waals surface area contributed by atoms with Gasteiger partial charge in [0.1, 0.15) is 5.78 Å². The van der Waals surface area contributed by atoms with Crippen LogP contribution in [0.15, 0.2) is 0 Å². The van der Waals surface area contributed by atoms with Crippen molar-refractivity contribution in [2.45, 2.75) is 131 Å². The van der Waals surface area contributed by atoms with Crippen LogP contribution in [0.5, 0.6) is 0 Å². The molecular formula is C27H52O3. The Bertz CT molecular complexity index is 405. The molecule has 3 rings (SSSR count). The number of hydrogen-bond acceptors (Lipinski definition) is 3. The van der Waals surface area contributed by atoms with Gasteiger partial charge >= 0.3 is 0 Å². The largest absolute Gasteiger partial charge is 0.393 e. The number of carbonyl (C=O) groups is 1. The lowest BCUT2D eigenvalue weighted by Crippen LogP contribution is -2.21. The third-order valence-corrected chi connectivity index (χ3v) is 7.90. The second-order valence-corrected chi connectivity index (χ2v) is 11.2. The van der Waals surface area contributed by atoms with Crippen LogP contribution < -0.4 is 0 Å². The van der Waals surface area contributed by atoms with Gasteiger partial charge < -0.3 is 10.2 Å². The van der Waals surface area contributed by atoms with Crippen LogP contribution in [0.4, 0.5) is 0 Å². The monoisotopic (exact) mass is 424 g/mol. The van der Waals surface area contributed by atoms with Gasteiger partial charge in [-0.2, -0.15) is 0 Å². The maximum atomic E-state index is 10.8. The first-order valence-corrected chi connectivity index (χ1v) is 13.0. The Kier molecular flexibility index (Phi) is 13.5. The minimum Gasteiger partial charge on any atom is -0.393 e. The zero-order valence-corrected chi connectivity index (χ0v) is 20.9. The van der Waals surface area contributed by atoms with Crippen molar-refractivity contribution in [3.63, 3.8) is 0 Å². The lowest BCUT2D eigenvalue weighted by molar-refractivity contribution is -0.121. The van der Waals surface area contributed by atoms with Crippen LogP contribution in [0, 0.1) is 35.5 Å². The van der Waals surface area contributed by atoms with E-state index in [1.165, 1.54) is 25.7 Å². The molecule has 3 nitrogen and oxygen atoms in total. The predicted octanol–water partition coefficient (Wildman–Crippen LogP) is 6.79. The summed E-state index contributed by atoms with van der Waals surface area (Å²) in [6, 6.07) is 0. The first-order chi connectivity index (χ1) is 14.1. The summed E-state index contributed by atoms with van der Waals surface area (Å²) < 4.78 is 0. The first-order valence-electron chi connectivity index (χ1n) is 13.0. The second kappa shape index (κ2) is 14.6. The summed E-state index contributed by atoms with van der Waals surface area (Å²) in [5, 5.41) is 18.4. The molecule has 30 heavy (non-hydrogen) atoms. The normalized spacial score (nSPS) is 30.6. The Morgan fingerprint density at radius 1 is 0.533 bits per heavy atom. The Balaban J connectivity index is 0.000000225. The van der Waals surface area contributed by atoms with Crippen LogP contribution in [-0.4, -0.2) is 28.2 Å². The fourth-order valence-electron chi connectivity index (χ4n) is 5.17. The number of aliphatic hydroxyl groups is 2. The molecule has 3 aliphatic rings. The SMILES string of the molecule is CC(C)C1CCC(=O)CC1.CC(C)C1CCC(O)CC1.CC(C)C1CCC(O)CC1. The minimum absolute atomic E-state index is 0.00926. The van der Waals surface area contributed by atoms with E-state index in [1.54, 1.807) is 0 Å². The molecule has 0 saturated heterocycles. The van der Waals surface area contributed by atoms with Crippen molar-refractivity contribution in [3.8, 4) is 0 Å². The molecule has 0 radical (unpaired) electrons. The maximum Gasteiger partial charge on any atom is 0.132 e. The lowest BCUT2D eigenvalue weighted by Gasteiger charge is -2.27. The number of carbonyl (C=O) groups excluding carboxylic acids is 1. The number of rotatable bonds is 3. The smallest absolute Gasteiger partial charge is 0.132 e. The van der Waals surface area contributed by atoms with Crippen molar-refractivity contribution < 1.29 is 15.0 Å². The van der Waals surface area contributed by atoms with Crippen molar-refractivity contribution in [3.05, 3.63) is 0 Å². The highest BCUT2D eigenvalue weighted by Crippen LogP contribution is 2.30. The molecule has 3 heteroatoms. The second-order valence-electron chi connectivity index (χ2n) is 11.2. The van der Waals surface area contributed by atoms with Crippen LogP contribution in [0.25, 0.3) is 0 Å². The maximum absolute atomic E-state index is 10.8. The molecular weight excluding hydrogens is 372 g/mol. The van der Waals surface area contributed by atoms with E-state index in [2.05, 4.69) is 41.5 Å². The van der Waals surface area contributed by atoms with Gasteiger partial charge in [0.2, 0.25) is 0 Å². The molecule has 0 aliphatic heterocycles. The average Bonchev–Trinajstić information content (AvgIpc) is 2.70. The summed E-state index contributed by atoms with van der Waals surface area (Å²) >= 11 is 0. The summed E-state index contributed by atoms with van der Waals surface area (Å²) in [5.74, 6) is 5.44. The topological polar surface area (TPSA) is 57.5 Å². The highest BCUT2D eigenvalue weighted by Gasteiger charge is 2.22. The Morgan fingerprint density at radius 2 is 0.800 bits per heavy atom. The molecule has 0 aromatic carbocycles. The molecule has 0 aromatic heterocycles. The van der Waals surface area contributed by atoms with Gasteiger partial charge in [-0.3, -0.25) is 4.79 Å². The zero-order chi connectivity index (χ0) is 22.7. The molecule has 178 valence electrons. The molecule has 0 amide bonds. The number of hydrogen-bond donors (Lipinski definition) is 2. The Morgan fingerprint density at radius 3 is 1.07 bits per heavy atom. The van der Waals surface area contributed by atoms with Crippen LogP contribution in [0.1, 0.15) is 119 Å². The van der Waals surface area contributed by atoms with E-state index in [9.17, 15) is 15.0 Å². The van der Waals surface area contributed by atoms with Crippen molar-refractivity contribution in [1.29, 1.82) is 0 Å². The molecule has 0 bridgehead atoms. The van der Waals surface area contributed by atoms with Crippen molar-refractivity contribution >= 4 is 5.78 Å². The molecule has 0 heterocycles. The molecule has 3 saturated carbocycles. The van der Waals surface area contributed by atoms with Gasteiger partial charge in [0.25, 0.3) is 0 Å². The third kappa shape index (κ3) is 11.3. The van der Waals surface area contributed by atoms with E-state index >= 15 is 0 Å². The van der Waals surface area contributed by atoms with E-state index in [0.29, 0.717) is 5.78 Å². The van der Waals surface area contributed by atoms with Gasteiger partial charge in [0.15, 0.2) is 0 Å². The third-order valence-electron chi connectivity index (χ3n) is 7.90. The minimum atomic E-state index is 0.00926. The van der Waals surface area contributed by atoms with Crippen molar-refractivity contribution in [2.24, 2.45) is 35.5 Å². The molecule has 0 atom stereocenters. The standard InChI is InChI=1S/2C9H18O.C9H16O/c3*1-7(2)8-3-5-9(10)6-4-8/h2*7-10H,3-6H2,1-2H3;7-8H,3-6H2,1-2H3. The number of aliphatic hydroxyl groups excluding tert-OH is 2. The number of ketones is 1. The lowest BCUT2D eigenvalue weighted by atomic mass is 9.81. The van der Waals surface area contributed by atoms with Crippen LogP contribution in [0.2, 0.25) is 0 Å². The summed E-state index contributed by atoms with van der Waals surface area (Å²) in [7, 11) is 0. The van der Waals surface area contributed by atoms with Gasteiger partial charge in [-0.1, -0.05) is 41.5 Å². The van der Waals surface area contributed by atoms with Gasteiger partial charge in [-0.25, -0.2) is 0 Å². The highest BCUT2D eigenvalue weighted by molar-refractivity contribution is 5.79. The van der Waals surface area contributed by atoms with Gasteiger partial charge in [-0.15, -0.1) is 0 Å². The van der Waals surface area contributed by atoms with E-state index in [0.717, 1.165) is 86.9 Å². The summed E-state index contributed by atoms with van der Waals surface area (Å²) in [6.07, 6.45) is 13.0. The van der Waals surface area contributed by atoms with E-state index in [-0.39, 0.29) is 12.2 Å². The molecule has 3 fully saturated rings. The van der Waals surface area contributed by atoms with Gasteiger partial charge in [0.05, 0.1) is 12.2 Å². The molecule has 3 aliphatic carbocycles. The van der Waals surface area contributed by atoms with Crippen LogP contribution in [0.3, 0.4) is 0 Å². The quantitative estimate of drug-likeness (QED) is 0.524. The summed E-state index contributed by atoms with van der Waals surface area (Å²) in [6.45, 7) is 13.6. The van der Waals surface area contributed by atoms with Crippen LogP contribution >= 0.6 is 0 Å². The summed E-state index contributed by atoms with van der Waals surface area (Å²) in [5.41, 5.74) is 0. The summed E-state index contributed by atoms with van der Waals surface area (Å²) in [4.78, 5) is 10.8. The van der Waals surface area contributed by atoms with Crippen molar-refractivity contribution in [2.75, 3.05) is 0 Å². The van der Waals surface area contributed by atoms with Crippen LogP contribution in [-0.2, 0) is 4.79 Å². The molecule has 0 aromatic rings. The fraction of sp³-hybridized carbons (Fsp3) is 0.963. The predicted molar refractivity (Wildman–Crippen MR) is 127 cm³/mol. The van der Waals surface area contributed by atoms with E-state index in [4.69, 9.17) is 0 Å². The molecule has 0 spiro atoms. The highest BCUT2D eigenvalue weighted by atomic mass is 16.3. The van der Waals surface area contributed by atoms with E-state index < -0.39 is 0 Å². The number of Topliss-reactive ketones (excluding diaryl/α,β-unsaturated/α-hetero) is 1. The van der Waals surface area contributed by atoms with E-state index in [1.807, 2.05) is 0 Å². The Labute approximate surface area is 187 Å².